The lowest BCUT2D eigenvalue weighted by molar-refractivity contribution is -0.387. The van der Waals surface area contributed by atoms with Gasteiger partial charge in [-0.05, 0) is 19.4 Å². The lowest BCUT2D eigenvalue weighted by atomic mass is 10.1. The molecule has 0 spiro atoms. The van der Waals surface area contributed by atoms with Crippen molar-refractivity contribution in [2.45, 2.75) is 19.4 Å². The summed E-state index contributed by atoms with van der Waals surface area (Å²) in [6.07, 6.45) is 0.273. The van der Waals surface area contributed by atoms with Crippen LogP contribution in [0.5, 0.6) is 0 Å². The lowest BCUT2D eigenvalue weighted by Gasteiger charge is -2.22. The average Bonchev–Trinajstić information content (AvgIpc) is 2.62. The Bertz CT molecular complexity index is 580. The fourth-order valence-corrected chi connectivity index (χ4v) is 2.22. The van der Waals surface area contributed by atoms with Crippen LogP contribution in [0.4, 0.5) is 14.5 Å². The number of rotatable bonds is 2. The minimum absolute atomic E-state index is 0.181. The third kappa shape index (κ3) is 3.15. The van der Waals surface area contributed by atoms with Gasteiger partial charge >= 0.3 is 5.69 Å². The van der Waals surface area contributed by atoms with Crippen molar-refractivity contribution >= 4 is 11.6 Å². The number of carbonyl (C=O) groups excluding carboxylic acids is 1. The van der Waals surface area contributed by atoms with E-state index in [4.69, 9.17) is 4.74 Å². The average molecular weight is 300 g/mol. The predicted octanol–water partition coefficient (Wildman–Crippen LogP) is 2.12. The van der Waals surface area contributed by atoms with Crippen molar-refractivity contribution in [1.82, 2.24) is 4.90 Å². The minimum atomic E-state index is -1.44. The molecule has 0 aliphatic carbocycles. The van der Waals surface area contributed by atoms with Crippen LogP contribution in [-0.2, 0) is 4.74 Å². The summed E-state index contributed by atoms with van der Waals surface area (Å²) in [5, 5.41) is 10.7. The molecule has 114 valence electrons. The van der Waals surface area contributed by atoms with E-state index < -0.39 is 33.7 Å². The maximum Gasteiger partial charge on any atom is 0.305 e. The highest BCUT2D eigenvalue weighted by atomic mass is 19.1. The van der Waals surface area contributed by atoms with Gasteiger partial charge in [-0.25, -0.2) is 4.39 Å². The van der Waals surface area contributed by atoms with Crippen LogP contribution in [0.25, 0.3) is 0 Å². The normalized spacial score (nSPS) is 19.2. The highest BCUT2D eigenvalue weighted by molar-refractivity contribution is 5.95. The van der Waals surface area contributed by atoms with Crippen molar-refractivity contribution in [3.8, 4) is 0 Å². The van der Waals surface area contributed by atoms with E-state index in [0.717, 1.165) is 6.07 Å². The minimum Gasteiger partial charge on any atom is -0.377 e. The molecule has 1 aromatic rings. The molecule has 1 amide bonds. The quantitative estimate of drug-likeness (QED) is 0.619. The van der Waals surface area contributed by atoms with Crippen molar-refractivity contribution in [3.05, 3.63) is 39.4 Å². The largest absolute Gasteiger partial charge is 0.377 e. The van der Waals surface area contributed by atoms with E-state index in [9.17, 15) is 23.7 Å². The van der Waals surface area contributed by atoms with E-state index in [2.05, 4.69) is 0 Å². The molecule has 1 fully saturated rings. The third-order valence-corrected chi connectivity index (χ3v) is 3.22. The Hall–Kier alpha value is -2.09. The SMILES string of the molecule is CC1CN(C(=O)c2c(F)ccc([N+](=O)[O-])c2F)CCCO1. The lowest BCUT2D eigenvalue weighted by Crippen LogP contribution is -2.37. The highest BCUT2D eigenvalue weighted by Crippen LogP contribution is 2.25. The first kappa shape index (κ1) is 15.3. The number of halogens is 2. The van der Waals surface area contributed by atoms with E-state index >= 15 is 0 Å². The summed E-state index contributed by atoms with van der Waals surface area (Å²) in [6.45, 7) is 2.65. The molecule has 0 N–H and O–H groups in total. The number of nitro groups is 1. The van der Waals surface area contributed by atoms with Crippen LogP contribution in [0.15, 0.2) is 12.1 Å². The fraction of sp³-hybridized carbons (Fsp3) is 0.462. The molecule has 1 atom stereocenters. The van der Waals surface area contributed by atoms with Gasteiger partial charge in [0.2, 0.25) is 5.82 Å². The van der Waals surface area contributed by atoms with E-state index in [-0.39, 0.29) is 19.2 Å². The number of ether oxygens (including phenoxy) is 1. The molecule has 1 saturated heterocycles. The van der Waals surface area contributed by atoms with Crippen molar-refractivity contribution < 1.29 is 23.2 Å². The molecule has 1 heterocycles. The van der Waals surface area contributed by atoms with Crippen LogP contribution in [0, 0.1) is 21.7 Å². The molecule has 1 aliphatic rings. The Balaban J connectivity index is 2.38. The second-order valence-corrected chi connectivity index (χ2v) is 4.80. The number of nitrogens with zero attached hydrogens (tertiary/aromatic N) is 2. The number of hydrogen-bond donors (Lipinski definition) is 0. The molecular formula is C13H14F2N2O4. The van der Waals surface area contributed by atoms with Gasteiger partial charge in [-0.1, -0.05) is 0 Å². The Labute approximate surface area is 119 Å². The highest BCUT2D eigenvalue weighted by Gasteiger charge is 2.30. The summed E-state index contributed by atoms with van der Waals surface area (Å²) in [6, 6.07) is 1.43. The summed E-state index contributed by atoms with van der Waals surface area (Å²) in [7, 11) is 0. The van der Waals surface area contributed by atoms with Gasteiger partial charge in [0.05, 0.1) is 11.0 Å². The van der Waals surface area contributed by atoms with Gasteiger partial charge in [0.25, 0.3) is 5.91 Å². The zero-order chi connectivity index (χ0) is 15.6. The predicted molar refractivity (Wildman–Crippen MR) is 68.9 cm³/mol. The molecule has 6 nitrogen and oxygen atoms in total. The number of carbonyl (C=O) groups is 1. The van der Waals surface area contributed by atoms with E-state index in [1.54, 1.807) is 6.92 Å². The number of amides is 1. The molecule has 1 aromatic carbocycles. The van der Waals surface area contributed by atoms with Gasteiger partial charge in [-0.3, -0.25) is 14.9 Å². The summed E-state index contributed by atoms with van der Waals surface area (Å²) in [4.78, 5) is 23.2. The number of benzene rings is 1. The summed E-state index contributed by atoms with van der Waals surface area (Å²) >= 11 is 0. The van der Waals surface area contributed by atoms with Crippen LogP contribution in [-0.4, -0.2) is 41.5 Å². The van der Waals surface area contributed by atoms with Crippen molar-refractivity contribution in [2.75, 3.05) is 19.7 Å². The summed E-state index contributed by atoms with van der Waals surface area (Å²) in [5.41, 5.74) is -1.81. The van der Waals surface area contributed by atoms with Crippen LogP contribution >= 0.6 is 0 Å². The zero-order valence-corrected chi connectivity index (χ0v) is 11.3. The fourth-order valence-electron chi connectivity index (χ4n) is 2.22. The summed E-state index contributed by atoms with van der Waals surface area (Å²) in [5.74, 6) is -3.45. The summed E-state index contributed by atoms with van der Waals surface area (Å²) < 4.78 is 33.1. The smallest absolute Gasteiger partial charge is 0.305 e. The van der Waals surface area contributed by atoms with Crippen LogP contribution in [0.1, 0.15) is 23.7 Å². The van der Waals surface area contributed by atoms with Crippen LogP contribution in [0.3, 0.4) is 0 Å². The zero-order valence-electron chi connectivity index (χ0n) is 11.3. The molecule has 1 unspecified atom stereocenters. The van der Waals surface area contributed by atoms with Crippen molar-refractivity contribution in [3.63, 3.8) is 0 Å². The second kappa shape index (κ2) is 6.13. The van der Waals surface area contributed by atoms with Crippen molar-refractivity contribution in [2.24, 2.45) is 0 Å². The van der Waals surface area contributed by atoms with Crippen LogP contribution < -0.4 is 0 Å². The maximum atomic E-state index is 14.0. The molecule has 0 saturated carbocycles. The van der Waals surface area contributed by atoms with Crippen LogP contribution in [0.2, 0.25) is 0 Å². The van der Waals surface area contributed by atoms with E-state index in [0.29, 0.717) is 19.1 Å². The van der Waals surface area contributed by atoms with Crippen molar-refractivity contribution in [1.29, 1.82) is 0 Å². The monoisotopic (exact) mass is 300 g/mol. The second-order valence-electron chi connectivity index (χ2n) is 4.80. The van der Waals surface area contributed by atoms with Gasteiger partial charge in [0, 0.05) is 25.8 Å². The first-order valence-corrected chi connectivity index (χ1v) is 6.45. The number of hydrogen-bond acceptors (Lipinski definition) is 4. The Morgan fingerprint density at radius 2 is 2.19 bits per heavy atom. The van der Waals surface area contributed by atoms with Gasteiger partial charge < -0.3 is 9.64 Å². The molecule has 2 rings (SSSR count). The molecule has 0 aromatic heterocycles. The molecule has 8 heteroatoms. The van der Waals surface area contributed by atoms with E-state index in [1.165, 1.54) is 4.90 Å². The third-order valence-electron chi connectivity index (χ3n) is 3.22. The number of nitro benzene ring substituents is 1. The molecule has 0 bridgehead atoms. The maximum absolute atomic E-state index is 14.0. The Kier molecular flexibility index (Phi) is 4.46. The molecule has 21 heavy (non-hydrogen) atoms. The van der Waals surface area contributed by atoms with Gasteiger partial charge in [-0.2, -0.15) is 4.39 Å². The first-order valence-electron chi connectivity index (χ1n) is 6.45. The van der Waals surface area contributed by atoms with Gasteiger partial charge in [-0.15, -0.1) is 0 Å². The van der Waals surface area contributed by atoms with E-state index in [1.807, 2.05) is 0 Å². The Morgan fingerprint density at radius 1 is 1.48 bits per heavy atom. The van der Waals surface area contributed by atoms with Gasteiger partial charge in [0.1, 0.15) is 11.4 Å². The Morgan fingerprint density at radius 3 is 2.86 bits per heavy atom. The molecule has 1 aliphatic heterocycles. The first-order chi connectivity index (χ1) is 9.91. The molecule has 0 radical (unpaired) electrons. The standard InChI is InChI=1S/C13H14F2N2O4/c1-8-7-16(5-2-6-21-8)13(18)11-9(14)3-4-10(12(11)15)17(19)20/h3-4,8H,2,5-7H2,1H3. The van der Waals surface area contributed by atoms with Gasteiger partial charge in [0.15, 0.2) is 0 Å². The topological polar surface area (TPSA) is 72.7 Å². The molecular weight excluding hydrogens is 286 g/mol.